The van der Waals surface area contributed by atoms with Gasteiger partial charge in [0.15, 0.2) is 17.7 Å². The van der Waals surface area contributed by atoms with Crippen molar-refractivity contribution in [2.24, 2.45) is 0 Å². The molecule has 30 heavy (non-hydrogen) atoms. The Labute approximate surface area is 168 Å². The summed E-state index contributed by atoms with van der Waals surface area (Å²) < 4.78 is 90.4. The summed E-state index contributed by atoms with van der Waals surface area (Å²) in [6.45, 7) is 1.31. The van der Waals surface area contributed by atoms with Crippen LogP contribution in [0.3, 0.4) is 0 Å². The molecule has 1 aliphatic rings. The van der Waals surface area contributed by atoms with Crippen molar-refractivity contribution in [3.05, 3.63) is 65.2 Å². The number of halogens is 5. The molecule has 1 heterocycles. The zero-order chi connectivity index (χ0) is 22.1. The second-order valence-electron chi connectivity index (χ2n) is 6.29. The molecule has 0 unspecified atom stereocenters. The minimum Gasteiger partial charge on any atom is -0.493 e. The van der Waals surface area contributed by atoms with Gasteiger partial charge in [0.2, 0.25) is 5.82 Å². The Morgan fingerprint density at radius 2 is 1.77 bits per heavy atom. The molecule has 2 aromatic carbocycles. The van der Waals surface area contributed by atoms with Gasteiger partial charge in [-0.1, -0.05) is 30.3 Å². The van der Waals surface area contributed by atoms with E-state index < -0.39 is 53.1 Å². The Balaban J connectivity index is 2.19. The Hall–Kier alpha value is -2.72. The SMILES string of the molecule is CCOC(=O)[C@@H]1O[C@](c2ccccc2)(C(F)(F)F)O[C@H]1c1ccc(F)c(F)c1OC. The lowest BCUT2D eigenvalue weighted by atomic mass is 10.0. The minimum atomic E-state index is -5.13. The van der Waals surface area contributed by atoms with E-state index in [0.29, 0.717) is 6.07 Å². The van der Waals surface area contributed by atoms with Gasteiger partial charge in [-0.3, -0.25) is 0 Å². The lowest BCUT2D eigenvalue weighted by molar-refractivity contribution is -0.360. The zero-order valence-corrected chi connectivity index (χ0v) is 15.8. The number of carbonyl (C=O) groups is 1. The number of ether oxygens (including phenoxy) is 4. The fourth-order valence-electron chi connectivity index (χ4n) is 3.20. The van der Waals surface area contributed by atoms with Crippen LogP contribution >= 0.6 is 0 Å². The molecule has 2 aromatic rings. The third-order valence-electron chi connectivity index (χ3n) is 4.50. The molecule has 0 spiro atoms. The highest BCUT2D eigenvalue weighted by Gasteiger charge is 2.67. The van der Waals surface area contributed by atoms with Gasteiger partial charge < -0.3 is 18.9 Å². The topological polar surface area (TPSA) is 54.0 Å². The molecule has 0 N–H and O–H groups in total. The molecule has 3 rings (SSSR count). The maximum absolute atomic E-state index is 14.2. The summed E-state index contributed by atoms with van der Waals surface area (Å²) in [4.78, 5) is 12.4. The summed E-state index contributed by atoms with van der Waals surface area (Å²) in [5.41, 5.74) is -0.771. The van der Waals surface area contributed by atoms with Crippen LogP contribution in [-0.2, 0) is 24.8 Å². The van der Waals surface area contributed by atoms with Gasteiger partial charge in [0.05, 0.1) is 13.7 Å². The summed E-state index contributed by atoms with van der Waals surface area (Å²) in [6, 6.07) is 8.03. The van der Waals surface area contributed by atoms with E-state index >= 15 is 0 Å². The van der Waals surface area contributed by atoms with E-state index in [9.17, 15) is 26.7 Å². The van der Waals surface area contributed by atoms with Gasteiger partial charge in [-0.05, 0) is 19.1 Å². The molecule has 3 atom stereocenters. The van der Waals surface area contributed by atoms with Crippen LogP contribution in [0, 0.1) is 11.6 Å². The first-order valence-corrected chi connectivity index (χ1v) is 8.82. The Morgan fingerprint density at radius 3 is 2.33 bits per heavy atom. The van der Waals surface area contributed by atoms with Crippen LogP contribution in [0.25, 0.3) is 0 Å². The maximum atomic E-state index is 14.2. The van der Waals surface area contributed by atoms with Crippen LogP contribution in [0.1, 0.15) is 24.2 Å². The van der Waals surface area contributed by atoms with Crippen molar-refractivity contribution in [2.75, 3.05) is 13.7 Å². The van der Waals surface area contributed by atoms with E-state index in [1.165, 1.54) is 25.1 Å². The Morgan fingerprint density at radius 1 is 1.10 bits per heavy atom. The van der Waals surface area contributed by atoms with Crippen LogP contribution < -0.4 is 4.74 Å². The second-order valence-corrected chi connectivity index (χ2v) is 6.29. The quantitative estimate of drug-likeness (QED) is 0.518. The molecule has 0 saturated carbocycles. The number of alkyl halides is 3. The summed E-state index contributed by atoms with van der Waals surface area (Å²) in [6.07, 6.45) is -8.85. The zero-order valence-electron chi connectivity index (χ0n) is 15.8. The number of hydrogen-bond donors (Lipinski definition) is 0. The van der Waals surface area contributed by atoms with E-state index in [1.807, 2.05) is 0 Å². The van der Waals surface area contributed by atoms with Crippen LogP contribution in [0.5, 0.6) is 5.75 Å². The summed E-state index contributed by atoms with van der Waals surface area (Å²) in [5, 5.41) is 0. The molecule has 10 heteroatoms. The molecule has 0 amide bonds. The molecule has 1 aliphatic heterocycles. The molecule has 1 fully saturated rings. The summed E-state index contributed by atoms with van der Waals surface area (Å²) >= 11 is 0. The number of esters is 1. The molecular formula is C20H17F5O5. The number of methoxy groups -OCH3 is 1. The lowest BCUT2D eigenvalue weighted by Gasteiger charge is -2.30. The van der Waals surface area contributed by atoms with Crippen LogP contribution in [0.15, 0.2) is 42.5 Å². The van der Waals surface area contributed by atoms with Crippen molar-refractivity contribution >= 4 is 5.97 Å². The fourth-order valence-corrected chi connectivity index (χ4v) is 3.20. The molecule has 1 saturated heterocycles. The van der Waals surface area contributed by atoms with E-state index in [0.717, 1.165) is 25.3 Å². The fraction of sp³-hybridized carbons (Fsp3) is 0.350. The minimum absolute atomic E-state index is 0.148. The lowest BCUT2D eigenvalue weighted by Crippen LogP contribution is -2.44. The van der Waals surface area contributed by atoms with E-state index in [1.54, 1.807) is 0 Å². The molecule has 0 aromatic heterocycles. The first-order valence-electron chi connectivity index (χ1n) is 8.82. The highest BCUT2D eigenvalue weighted by Crippen LogP contribution is 2.54. The van der Waals surface area contributed by atoms with Gasteiger partial charge in [0.1, 0.15) is 6.10 Å². The van der Waals surface area contributed by atoms with Crippen molar-refractivity contribution in [3.8, 4) is 5.75 Å². The van der Waals surface area contributed by atoms with Gasteiger partial charge in [-0.25, -0.2) is 9.18 Å². The number of rotatable bonds is 5. The van der Waals surface area contributed by atoms with Gasteiger partial charge in [-0.15, -0.1) is 0 Å². The highest BCUT2D eigenvalue weighted by atomic mass is 19.4. The number of hydrogen-bond acceptors (Lipinski definition) is 5. The monoisotopic (exact) mass is 432 g/mol. The highest BCUT2D eigenvalue weighted by molar-refractivity contribution is 5.76. The van der Waals surface area contributed by atoms with Crippen molar-refractivity contribution in [1.82, 2.24) is 0 Å². The van der Waals surface area contributed by atoms with Crippen LogP contribution in [-0.4, -0.2) is 32.0 Å². The van der Waals surface area contributed by atoms with Gasteiger partial charge in [0.25, 0.3) is 5.79 Å². The van der Waals surface area contributed by atoms with E-state index in [2.05, 4.69) is 0 Å². The first kappa shape index (κ1) is 22.0. The van der Waals surface area contributed by atoms with Crippen molar-refractivity contribution in [2.45, 2.75) is 31.1 Å². The molecule has 0 aliphatic carbocycles. The van der Waals surface area contributed by atoms with Crippen molar-refractivity contribution < 1.29 is 45.7 Å². The molecule has 162 valence electrons. The predicted octanol–water partition coefficient (Wildman–Crippen LogP) is 4.41. The van der Waals surface area contributed by atoms with Crippen molar-refractivity contribution in [3.63, 3.8) is 0 Å². The van der Waals surface area contributed by atoms with E-state index in [4.69, 9.17) is 18.9 Å². The predicted molar refractivity (Wildman–Crippen MR) is 92.4 cm³/mol. The van der Waals surface area contributed by atoms with Gasteiger partial charge >= 0.3 is 12.1 Å². The van der Waals surface area contributed by atoms with Crippen LogP contribution in [0.2, 0.25) is 0 Å². The van der Waals surface area contributed by atoms with E-state index in [-0.39, 0.29) is 12.2 Å². The second kappa shape index (κ2) is 8.19. The maximum Gasteiger partial charge on any atom is 0.448 e. The third kappa shape index (κ3) is 3.61. The Kier molecular flexibility index (Phi) is 6.00. The average molecular weight is 432 g/mol. The first-order chi connectivity index (χ1) is 14.2. The molecular weight excluding hydrogens is 415 g/mol. The van der Waals surface area contributed by atoms with Crippen molar-refractivity contribution in [1.29, 1.82) is 0 Å². The Bertz CT molecular complexity index is 918. The normalized spacial score (nSPS) is 24.0. The number of benzene rings is 2. The smallest absolute Gasteiger partial charge is 0.448 e. The molecule has 0 bridgehead atoms. The third-order valence-corrected chi connectivity index (χ3v) is 4.50. The molecule has 0 radical (unpaired) electrons. The van der Waals surface area contributed by atoms with Gasteiger partial charge in [0, 0.05) is 11.1 Å². The summed E-state index contributed by atoms with van der Waals surface area (Å²) in [7, 11) is 1.00. The van der Waals surface area contributed by atoms with Gasteiger partial charge in [-0.2, -0.15) is 17.6 Å². The van der Waals surface area contributed by atoms with Crippen LogP contribution in [0.4, 0.5) is 22.0 Å². The standard InChI is InChI=1S/C20H17F5O5/c1-3-28-18(26)17-16(12-9-10-13(21)14(22)15(12)27-2)29-19(30-17,20(23,24)25)11-7-5-4-6-8-11/h4-10,16-17H,3H2,1-2H3/t16-,17+,19+/m0/s1. The molecule has 5 nitrogen and oxygen atoms in total. The largest absolute Gasteiger partial charge is 0.493 e. The number of carbonyl (C=O) groups excluding carboxylic acids is 1. The summed E-state index contributed by atoms with van der Waals surface area (Å²) in [5.74, 6) is -7.93. The average Bonchev–Trinajstić information content (AvgIpc) is 3.13.